The second-order valence-corrected chi connectivity index (χ2v) is 7.09. The van der Waals surface area contributed by atoms with E-state index in [2.05, 4.69) is 57.8 Å². The molecule has 1 aliphatic heterocycles. The van der Waals surface area contributed by atoms with Crippen LogP contribution in [0, 0.1) is 0 Å². The largest absolute Gasteiger partial charge is 0.126 e. The van der Waals surface area contributed by atoms with Gasteiger partial charge in [0.2, 0.25) is 0 Å². The van der Waals surface area contributed by atoms with E-state index in [0.717, 1.165) is 8.95 Å². The van der Waals surface area contributed by atoms with Crippen LogP contribution >= 0.6 is 43.6 Å². The van der Waals surface area contributed by atoms with Crippen molar-refractivity contribution in [2.45, 2.75) is 30.6 Å². The Morgan fingerprint density at radius 2 is 1.86 bits per heavy atom. The third-order valence-electron chi connectivity index (χ3n) is 2.74. The first-order valence-electron chi connectivity index (χ1n) is 4.63. The van der Waals surface area contributed by atoms with Gasteiger partial charge in [-0.1, -0.05) is 13.8 Å². The molecule has 0 bridgehead atoms. The molecular formula is C11H12Br2S. The normalized spacial score (nSPS) is 19.1. The minimum absolute atomic E-state index is 0.323. The fourth-order valence-corrected chi connectivity index (χ4v) is 4.09. The van der Waals surface area contributed by atoms with E-state index in [1.165, 1.54) is 22.6 Å². The molecular weight excluding hydrogens is 324 g/mol. The first-order chi connectivity index (χ1) is 6.50. The lowest BCUT2D eigenvalue weighted by Gasteiger charge is -2.32. The fraction of sp³-hybridized carbons (Fsp3) is 0.455. The SMILES string of the molecule is CC1(C)CCSc2cc(Br)c(Br)cc21. The average Bonchev–Trinajstić information content (AvgIpc) is 2.08. The van der Waals surface area contributed by atoms with Crippen molar-refractivity contribution in [2.75, 3.05) is 5.75 Å². The molecule has 76 valence electrons. The van der Waals surface area contributed by atoms with Crippen LogP contribution < -0.4 is 0 Å². The van der Waals surface area contributed by atoms with Crippen LogP contribution in [0.15, 0.2) is 26.0 Å². The molecule has 0 spiro atoms. The van der Waals surface area contributed by atoms with E-state index in [-0.39, 0.29) is 0 Å². The van der Waals surface area contributed by atoms with Crippen LogP contribution in [0.5, 0.6) is 0 Å². The van der Waals surface area contributed by atoms with Crippen molar-refractivity contribution in [1.82, 2.24) is 0 Å². The summed E-state index contributed by atoms with van der Waals surface area (Å²) < 4.78 is 2.31. The van der Waals surface area contributed by atoms with Crippen LogP contribution in [0.25, 0.3) is 0 Å². The third kappa shape index (κ3) is 1.91. The van der Waals surface area contributed by atoms with Crippen LogP contribution in [0.4, 0.5) is 0 Å². The Bertz CT molecular complexity index is 372. The Balaban J connectivity index is 2.59. The summed E-state index contributed by atoms with van der Waals surface area (Å²) in [6.07, 6.45) is 1.26. The van der Waals surface area contributed by atoms with Gasteiger partial charge in [-0.2, -0.15) is 0 Å². The first-order valence-corrected chi connectivity index (χ1v) is 7.20. The van der Waals surface area contributed by atoms with Gasteiger partial charge < -0.3 is 0 Å². The van der Waals surface area contributed by atoms with Gasteiger partial charge >= 0.3 is 0 Å². The lowest BCUT2D eigenvalue weighted by Crippen LogP contribution is -2.22. The van der Waals surface area contributed by atoms with E-state index in [9.17, 15) is 0 Å². The summed E-state index contributed by atoms with van der Waals surface area (Å²) in [6.45, 7) is 4.65. The zero-order chi connectivity index (χ0) is 10.3. The second kappa shape index (κ2) is 3.84. The van der Waals surface area contributed by atoms with E-state index < -0.39 is 0 Å². The molecule has 0 saturated heterocycles. The van der Waals surface area contributed by atoms with Gasteiger partial charge in [0.1, 0.15) is 0 Å². The first kappa shape index (κ1) is 11.0. The van der Waals surface area contributed by atoms with E-state index in [1.807, 2.05) is 11.8 Å². The molecule has 1 heterocycles. The summed E-state index contributed by atoms with van der Waals surface area (Å²) in [6, 6.07) is 4.48. The van der Waals surface area contributed by atoms with Crippen LogP contribution in [0.2, 0.25) is 0 Å². The van der Waals surface area contributed by atoms with Crippen LogP contribution in [0.3, 0.4) is 0 Å². The standard InChI is InChI=1S/C11H12Br2S/c1-11(2)3-4-14-10-6-9(13)8(12)5-7(10)11/h5-6H,3-4H2,1-2H3. The quantitative estimate of drug-likeness (QED) is 0.644. The molecule has 0 aromatic heterocycles. The summed E-state index contributed by atoms with van der Waals surface area (Å²) in [4.78, 5) is 1.43. The molecule has 3 heteroatoms. The lowest BCUT2D eigenvalue weighted by molar-refractivity contribution is 0.493. The van der Waals surface area contributed by atoms with Gasteiger partial charge in [0.25, 0.3) is 0 Å². The van der Waals surface area contributed by atoms with Gasteiger partial charge in [0.05, 0.1) is 0 Å². The molecule has 0 saturated carbocycles. The van der Waals surface area contributed by atoms with Gasteiger partial charge in [-0.3, -0.25) is 0 Å². The maximum Gasteiger partial charge on any atom is 0.0328 e. The number of hydrogen-bond acceptors (Lipinski definition) is 1. The average molecular weight is 336 g/mol. The Labute approximate surface area is 106 Å². The summed E-state index contributed by atoms with van der Waals surface area (Å²) >= 11 is 9.08. The predicted octanol–water partition coefficient (Wildman–Crippen LogP) is 4.99. The molecule has 2 rings (SSSR count). The molecule has 1 aromatic carbocycles. The number of hydrogen-bond donors (Lipinski definition) is 0. The van der Waals surface area contributed by atoms with Crippen molar-refractivity contribution in [3.63, 3.8) is 0 Å². The summed E-state index contributed by atoms with van der Waals surface area (Å²) in [5, 5.41) is 0. The van der Waals surface area contributed by atoms with Crippen molar-refractivity contribution in [1.29, 1.82) is 0 Å². The molecule has 0 amide bonds. The van der Waals surface area contributed by atoms with Gasteiger partial charge in [0.15, 0.2) is 0 Å². The summed E-state index contributed by atoms with van der Waals surface area (Å²) in [5.41, 5.74) is 1.80. The third-order valence-corrected chi connectivity index (χ3v) is 5.64. The second-order valence-electron chi connectivity index (χ2n) is 4.24. The van der Waals surface area contributed by atoms with Crippen molar-refractivity contribution < 1.29 is 0 Å². The molecule has 0 unspecified atom stereocenters. The zero-order valence-electron chi connectivity index (χ0n) is 8.23. The lowest BCUT2D eigenvalue weighted by atomic mass is 9.82. The highest BCUT2D eigenvalue weighted by Gasteiger charge is 2.28. The molecule has 0 aliphatic carbocycles. The Hall–Kier alpha value is 0.530. The van der Waals surface area contributed by atoms with E-state index in [1.54, 1.807) is 0 Å². The Morgan fingerprint density at radius 3 is 2.57 bits per heavy atom. The number of benzene rings is 1. The topological polar surface area (TPSA) is 0 Å². The van der Waals surface area contributed by atoms with Gasteiger partial charge in [-0.05, 0) is 67.1 Å². The van der Waals surface area contributed by atoms with Crippen LogP contribution in [-0.4, -0.2) is 5.75 Å². The number of thioether (sulfide) groups is 1. The smallest absolute Gasteiger partial charge is 0.0328 e. The molecule has 1 aliphatic rings. The maximum atomic E-state index is 3.57. The molecule has 14 heavy (non-hydrogen) atoms. The van der Waals surface area contributed by atoms with Crippen molar-refractivity contribution in [3.05, 3.63) is 26.6 Å². The molecule has 0 atom stereocenters. The monoisotopic (exact) mass is 334 g/mol. The molecule has 1 aromatic rings. The Morgan fingerprint density at radius 1 is 1.21 bits per heavy atom. The zero-order valence-corrected chi connectivity index (χ0v) is 12.2. The summed E-state index contributed by atoms with van der Waals surface area (Å²) in [5.74, 6) is 1.23. The van der Waals surface area contributed by atoms with Crippen LogP contribution in [-0.2, 0) is 5.41 Å². The molecule has 0 fully saturated rings. The van der Waals surface area contributed by atoms with Gasteiger partial charge in [0, 0.05) is 13.8 Å². The highest BCUT2D eigenvalue weighted by molar-refractivity contribution is 9.13. The van der Waals surface area contributed by atoms with Gasteiger partial charge in [-0.15, -0.1) is 11.8 Å². The Kier molecular flexibility index (Phi) is 3.02. The van der Waals surface area contributed by atoms with Crippen molar-refractivity contribution >= 4 is 43.6 Å². The number of fused-ring (bicyclic) bond motifs is 1. The number of rotatable bonds is 0. The highest BCUT2D eigenvalue weighted by atomic mass is 79.9. The van der Waals surface area contributed by atoms with E-state index in [4.69, 9.17) is 0 Å². The highest BCUT2D eigenvalue weighted by Crippen LogP contribution is 2.44. The van der Waals surface area contributed by atoms with Gasteiger partial charge in [-0.25, -0.2) is 0 Å². The van der Waals surface area contributed by atoms with Crippen molar-refractivity contribution in [3.8, 4) is 0 Å². The number of halogens is 2. The molecule has 0 radical (unpaired) electrons. The van der Waals surface area contributed by atoms with E-state index in [0.29, 0.717) is 5.41 Å². The minimum atomic E-state index is 0.323. The predicted molar refractivity (Wildman–Crippen MR) is 70.2 cm³/mol. The fourth-order valence-electron chi connectivity index (χ4n) is 1.73. The molecule has 0 N–H and O–H groups in total. The van der Waals surface area contributed by atoms with Crippen molar-refractivity contribution in [2.24, 2.45) is 0 Å². The summed E-state index contributed by atoms with van der Waals surface area (Å²) in [7, 11) is 0. The minimum Gasteiger partial charge on any atom is -0.126 e. The molecule has 0 nitrogen and oxygen atoms in total. The maximum absolute atomic E-state index is 3.57. The van der Waals surface area contributed by atoms with E-state index >= 15 is 0 Å². The van der Waals surface area contributed by atoms with Crippen LogP contribution in [0.1, 0.15) is 25.8 Å².